The van der Waals surface area contributed by atoms with Crippen LogP contribution in [-0.2, 0) is 9.84 Å². The largest absolute Gasteiger partial charge is 0.454 e. The molecule has 1 aliphatic heterocycles. The van der Waals surface area contributed by atoms with E-state index in [9.17, 15) is 13.7 Å². The third kappa shape index (κ3) is 2.37. The van der Waals surface area contributed by atoms with Crippen LogP contribution in [0.4, 0.5) is 0 Å². The van der Waals surface area contributed by atoms with Crippen LogP contribution >= 0.6 is 11.6 Å². The average Bonchev–Trinajstić information content (AvgIpc) is 2.99. The highest BCUT2D eigenvalue weighted by Gasteiger charge is 2.70. The highest BCUT2D eigenvalue weighted by molar-refractivity contribution is 7.92. The maximum atomic E-state index is 13.0. The molecule has 0 unspecified atom stereocenters. The van der Waals surface area contributed by atoms with Crippen molar-refractivity contribution in [2.75, 3.05) is 6.79 Å². The quantitative estimate of drug-likeness (QED) is 0.881. The summed E-state index contributed by atoms with van der Waals surface area (Å²) in [6.07, 6.45) is 0. The van der Waals surface area contributed by atoms with Crippen LogP contribution in [0.1, 0.15) is 11.5 Å². The molecule has 0 bridgehead atoms. The van der Waals surface area contributed by atoms with Crippen molar-refractivity contribution in [2.24, 2.45) is 5.73 Å². The van der Waals surface area contributed by atoms with E-state index < -0.39 is 26.5 Å². The Labute approximate surface area is 149 Å². The Kier molecular flexibility index (Phi) is 3.48. The normalized spacial score (nSPS) is 26.9. The van der Waals surface area contributed by atoms with Gasteiger partial charge in [0, 0.05) is 10.9 Å². The molecule has 2 N–H and O–H groups in total. The second-order valence-electron chi connectivity index (χ2n) is 6.05. The van der Waals surface area contributed by atoms with Crippen LogP contribution in [0.25, 0.3) is 0 Å². The van der Waals surface area contributed by atoms with Gasteiger partial charge in [-0.3, -0.25) is 0 Å². The smallest absolute Gasteiger partial charge is 0.231 e. The van der Waals surface area contributed by atoms with E-state index in [0.717, 1.165) is 0 Å². The zero-order chi connectivity index (χ0) is 17.8. The molecule has 6 nitrogen and oxygen atoms in total. The maximum absolute atomic E-state index is 13.0. The van der Waals surface area contributed by atoms with Crippen LogP contribution in [0.5, 0.6) is 11.5 Å². The molecular weight excluding hydrogens is 364 g/mol. The van der Waals surface area contributed by atoms with Crippen LogP contribution in [0.15, 0.2) is 47.4 Å². The Morgan fingerprint density at radius 1 is 1.16 bits per heavy atom. The second-order valence-corrected chi connectivity index (χ2v) is 8.56. The number of ether oxygens (including phenoxy) is 2. The molecular formula is C17H13ClN2O4S. The van der Waals surface area contributed by atoms with E-state index in [4.69, 9.17) is 26.8 Å². The number of rotatable bonds is 3. The van der Waals surface area contributed by atoms with E-state index in [1.165, 1.54) is 24.3 Å². The SMILES string of the molecule is N#C[C@@]1(N)[C@H](S(=O)(=O)c2ccc(Cl)cc2)[C@@H]1c1ccc2c(c1)OCO2. The molecule has 2 aromatic carbocycles. The minimum atomic E-state index is -3.79. The zero-order valence-corrected chi connectivity index (χ0v) is 14.4. The van der Waals surface area contributed by atoms with E-state index in [2.05, 4.69) is 0 Å². The predicted molar refractivity (Wildman–Crippen MR) is 90.3 cm³/mol. The first-order chi connectivity index (χ1) is 11.9. The number of nitrogens with two attached hydrogens (primary N) is 1. The van der Waals surface area contributed by atoms with Crippen LogP contribution < -0.4 is 15.2 Å². The number of halogens is 1. The minimum Gasteiger partial charge on any atom is -0.454 e. The van der Waals surface area contributed by atoms with Gasteiger partial charge >= 0.3 is 0 Å². The second kappa shape index (κ2) is 5.36. The predicted octanol–water partition coefficient (Wildman–Crippen LogP) is 2.23. The van der Waals surface area contributed by atoms with Gasteiger partial charge in [0.05, 0.1) is 11.0 Å². The van der Waals surface area contributed by atoms with Crippen molar-refractivity contribution in [2.45, 2.75) is 21.6 Å². The molecule has 0 spiro atoms. The maximum Gasteiger partial charge on any atom is 0.231 e. The third-order valence-electron chi connectivity index (χ3n) is 4.60. The van der Waals surface area contributed by atoms with Gasteiger partial charge in [0.2, 0.25) is 6.79 Å². The lowest BCUT2D eigenvalue weighted by Gasteiger charge is -2.05. The highest BCUT2D eigenvalue weighted by Crippen LogP contribution is 2.56. The fourth-order valence-electron chi connectivity index (χ4n) is 3.27. The molecule has 0 amide bonds. The summed E-state index contributed by atoms with van der Waals surface area (Å²) in [5.41, 5.74) is 5.27. The first kappa shape index (κ1) is 16.2. The standard InChI is InChI=1S/C17H13ClN2O4S/c18-11-2-4-12(5-3-11)25(21,22)16-15(17(16,20)8-19)10-1-6-13-14(7-10)24-9-23-13/h1-7,15-16H,9,20H2/t15-,16+,17-/m0/s1. The molecule has 25 heavy (non-hydrogen) atoms. The van der Waals surface area contributed by atoms with Crippen LogP contribution in [-0.4, -0.2) is 26.0 Å². The third-order valence-corrected chi connectivity index (χ3v) is 7.12. The van der Waals surface area contributed by atoms with Crippen molar-refractivity contribution in [1.82, 2.24) is 0 Å². The molecule has 0 aromatic heterocycles. The fraction of sp³-hybridized carbons (Fsp3) is 0.235. The molecule has 0 saturated heterocycles. The lowest BCUT2D eigenvalue weighted by Crippen LogP contribution is -2.29. The summed E-state index contributed by atoms with van der Waals surface area (Å²) in [6, 6.07) is 12.9. The Morgan fingerprint density at radius 2 is 1.84 bits per heavy atom. The van der Waals surface area contributed by atoms with E-state index >= 15 is 0 Å². The van der Waals surface area contributed by atoms with Gasteiger partial charge in [-0.1, -0.05) is 17.7 Å². The number of benzene rings is 2. The van der Waals surface area contributed by atoms with E-state index in [0.29, 0.717) is 22.1 Å². The van der Waals surface area contributed by atoms with Gasteiger partial charge in [-0.2, -0.15) is 5.26 Å². The van der Waals surface area contributed by atoms with Crippen molar-refractivity contribution >= 4 is 21.4 Å². The summed E-state index contributed by atoms with van der Waals surface area (Å²) in [4.78, 5) is 0.0928. The molecule has 4 rings (SSSR count). The summed E-state index contributed by atoms with van der Waals surface area (Å²) < 4.78 is 36.5. The fourth-order valence-corrected chi connectivity index (χ4v) is 5.58. The summed E-state index contributed by atoms with van der Waals surface area (Å²) in [5.74, 6) is 0.459. The van der Waals surface area contributed by atoms with E-state index in [1.807, 2.05) is 6.07 Å². The number of fused-ring (bicyclic) bond motifs is 1. The number of sulfone groups is 1. The number of hydrogen-bond donors (Lipinski definition) is 1. The topological polar surface area (TPSA) is 102 Å². The van der Waals surface area contributed by atoms with Gasteiger partial charge in [-0.15, -0.1) is 0 Å². The first-order valence-electron chi connectivity index (χ1n) is 7.47. The Hall–Kier alpha value is -2.27. The van der Waals surface area contributed by atoms with Crippen molar-refractivity contribution < 1.29 is 17.9 Å². The van der Waals surface area contributed by atoms with Gasteiger partial charge in [-0.05, 0) is 42.0 Å². The van der Waals surface area contributed by atoms with Crippen molar-refractivity contribution in [3.63, 3.8) is 0 Å². The summed E-state index contributed by atoms with van der Waals surface area (Å²) in [7, 11) is -3.79. The molecule has 1 heterocycles. The summed E-state index contributed by atoms with van der Waals surface area (Å²) in [5, 5.41) is 8.89. The van der Waals surface area contributed by atoms with Crippen LogP contribution in [0, 0.1) is 11.3 Å². The minimum absolute atomic E-state index is 0.0928. The van der Waals surface area contributed by atoms with Gasteiger partial charge < -0.3 is 15.2 Å². The first-order valence-corrected chi connectivity index (χ1v) is 9.39. The molecule has 128 valence electrons. The van der Waals surface area contributed by atoms with Gasteiger partial charge in [0.25, 0.3) is 0 Å². The Bertz CT molecular complexity index is 1000. The van der Waals surface area contributed by atoms with Crippen molar-refractivity contribution in [3.8, 4) is 17.6 Å². The lowest BCUT2D eigenvalue weighted by atomic mass is 10.1. The van der Waals surface area contributed by atoms with Crippen molar-refractivity contribution in [3.05, 3.63) is 53.1 Å². The number of hydrogen-bond acceptors (Lipinski definition) is 6. The molecule has 3 atom stereocenters. The monoisotopic (exact) mass is 376 g/mol. The molecule has 2 aliphatic rings. The Balaban J connectivity index is 1.75. The van der Waals surface area contributed by atoms with Crippen molar-refractivity contribution in [1.29, 1.82) is 5.26 Å². The number of nitrogens with zero attached hydrogens (tertiary/aromatic N) is 1. The van der Waals surface area contributed by atoms with Gasteiger partial charge in [0.1, 0.15) is 10.8 Å². The molecule has 2 aromatic rings. The number of nitriles is 1. The summed E-state index contributed by atoms with van der Waals surface area (Å²) in [6.45, 7) is 0.113. The zero-order valence-electron chi connectivity index (χ0n) is 12.8. The highest BCUT2D eigenvalue weighted by atomic mass is 35.5. The molecule has 0 radical (unpaired) electrons. The van der Waals surface area contributed by atoms with Gasteiger partial charge in [0.15, 0.2) is 21.3 Å². The van der Waals surface area contributed by atoms with Crippen LogP contribution in [0.2, 0.25) is 5.02 Å². The van der Waals surface area contributed by atoms with Gasteiger partial charge in [-0.25, -0.2) is 8.42 Å². The summed E-state index contributed by atoms with van der Waals surface area (Å²) >= 11 is 5.82. The molecule has 1 fully saturated rings. The van der Waals surface area contributed by atoms with E-state index in [1.54, 1.807) is 18.2 Å². The van der Waals surface area contributed by atoms with E-state index in [-0.39, 0.29) is 11.7 Å². The molecule has 8 heteroatoms. The van der Waals surface area contributed by atoms with Crippen LogP contribution in [0.3, 0.4) is 0 Å². The molecule has 1 saturated carbocycles. The lowest BCUT2D eigenvalue weighted by molar-refractivity contribution is 0.174. The average molecular weight is 377 g/mol. The molecule has 1 aliphatic carbocycles. The Morgan fingerprint density at radius 3 is 2.52 bits per heavy atom.